The summed E-state index contributed by atoms with van der Waals surface area (Å²) in [6, 6.07) is 8.50. The highest BCUT2D eigenvalue weighted by atomic mass is 16.4. The van der Waals surface area contributed by atoms with Crippen LogP contribution >= 0.6 is 0 Å². The molecule has 1 aliphatic rings. The van der Waals surface area contributed by atoms with Gasteiger partial charge in [0, 0.05) is 48.0 Å². The summed E-state index contributed by atoms with van der Waals surface area (Å²) in [7, 11) is 0. The van der Waals surface area contributed by atoms with E-state index >= 15 is 0 Å². The van der Waals surface area contributed by atoms with E-state index in [9.17, 15) is 19.2 Å². The molecule has 3 atom stereocenters. The first-order valence-corrected chi connectivity index (χ1v) is 15.8. The van der Waals surface area contributed by atoms with Crippen LogP contribution in [0.1, 0.15) is 65.8 Å². The number of aryl methyl sites for hydroxylation is 1. The molecule has 0 saturated heterocycles. The summed E-state index contributed by atoms with van der Waals surface area (Å²) in [5.41, 5.74) is 2.61. The highest BCUT2D eigenvalue weighted by molar-refractivity contribution is 5.94. The molecule has 6 N–H and O–H groups in total. The first kappa shape index (κ1) is 32.1. The van der Waals surface area contributed by atoms with E-state index in [0.29, 0.717) is 36.8 Å². The summed E-state index contributed by atoms with van der Waals surface area (Å²) in [5, 5.41) is 19.3. The molecule has 0 fully saturated rings. The van der Waals surface area contributed by atoms with Crippen molar-refractivity contribution in [3.8, 4) is 11.4 Å². The van der Waals surface area contributed by atoms with E-state index in [1.54, 1.807) is 38.4 Å². The molecular formula is C33H36N10O5. The number of hydrogen-bond donors (Lipinski definition) is 6. The molecule has 15 heteroatoms. The van der Waals surface area contributed by atoms with Crippen LogP contribution in [0.3, 0.4) is 0 Å². The van der Waals surface area contributed by atoms with Crippen LogP contribution in [0.15, 0.2) is 59.4 Å². The number of nitrogens with one attached hydrogen (secondary N) is 6. The van der Waals surface area contributed by atoms with Gasteiger partial charge in [0.2, 0.25) is 23.6 Å². The molecule has 0 aliphatic carbocycles. The Balaban J connectivity index is 1.23. The quantitative estimate of drug-likeness (QED) is 0.158. The van der Waals surface area contributed by atoms with E-state index in [-0.39, 0.29) is 30.8 Å². The fraction of sp³-hybridized carbons (Fsp3) is 0.333. The van der Waals surface area contributed by atoms with Gasteiger partial charge in [-0.2, -0.15) is 5.10 Å². The van der Waals surface area contributed by atoms with E-state index in [2.05, 4.69) is 51.4 Å². The summed E-state index contributed by atoms with van der Waals surface area (Å²) < 4.78 is 5.74. The van der Waals surface area contributed by atoms with Gasteiger partial charge in [0.25, 0.3) is 5.91 Å². The molecule has 248 valence electrons. The van der Waals surface area contributed by atoms with Crippen LogP contribution in [0.25, 0.3) is 22.3 Å². The lowest BCUT2D eigenvalue weighted by Gasteiger charge is -2.24. The lowest BCUT2D eigenvalue weighted by molar-refractivity contribution is -0.132. The lowest BCUT2D eigenvalue weighted by Crippen LogP contribution is -2.55. The van der Waals surface area contributed by atoms with Crippen LogP contribution in [0, 0.1) is 6.92 Å². The van der Waals surface area contributed by atoms with Crippen LogP contribution in [0.5, 0.6) is 0 Å². The van der Waals surface area contributed by atoms with Gasteiger partial charge >= 0.3 is 0 Å². The minimum atomic E-state index is -1.01. The van der Waals surface area contributed by atoms with Gasteiger partial charge in [-0.05, 0) is 56.9 Å². The van der Waals surface area contributed by atoms with Crippen LogP contribution in [0.2, 0.25) is 0 Å². The third-order valence-corrected chi connectivity index (χ3v) is 8.14. The van der Waals surface area contributed by atoms with E-state index in [0.717, 1.165) is 22.0 Å². The predicted octanol–water partition coefficient (Wildman–Crippen LogP) is 2.19. The van der Waals surface area contributed by atoms with Gasteiger partial charge in [-0.15, -0.1) is 0 Å². The number of carbonyl (C=O) groups excluding carboxylic acids is 4. The third kappa shape index (κ3) is 7.40. The number of rotatable bonds is 6. The van der Waals surface area contributed by atoms with Gasteiger partial charge < -0.3 is 30.7 Å². The van der Waals surface area contributed by atoms with Gasteiger partial charge in [0.05, 0.1) is 6.42 Å². The van der Waals surface area contributed by atoms with Gasteiger partial charge in [0.1, 0.15) is 29.7 Å². The molecule has 4 aromatic heterocycles. The highest BCUT2D eigenvalue weighted by Gasteiger charge is 2.30. The predicted molar refractivity (Wildman–Crippen MR) is 173 cm³/mol. The highest BCUT2D eigenvalue weighted by Crippen LogP contribution is 2.21. The number of carbonyl (C=O) groups is 4. The van der Waals surface area contributed by atoms with Crippen molar-refractivity contribution >= 4 is 34.5 Å². The van der Waals surface area contributed by atoms with Gasteiger partial charge in [-0.1, -0.05) is 18.2 Å². The number of benzene rings is 1. The Morgan fingerprint density at radius 2 is 1.83 bits per heavy atom. The zero-order chi connectivity index (χ0) is 33.6. The molecule has 15 nitrogen and oxygen atoms in total. The van der Waals surface area contributed by atoms with E-state index in [4.69, 9.17) is 4.42 Å². The lowest BCUT2D eigenvalue weighted by atomic mass is 10.0. The van der Waals surface area contributed by atoms with Crippen molar-refractivity contribution < 1.29 is 23.6 Å². The molecule has 0 unspecified atom stereocenters. The molecule has 5 heterocycles. The first-order chi connectivity index (χ1) is 23.2. The average Bonchev–Trinajstić information content (AvgIpc) is 3.82. The van der Waals surface area contributed by atoms with Crippen molar-refractivity contribution in [2.45, 2.75) is 64.1 Å². The Kier molecular flexibility index (Phi) is 9.55. The number of amides is 4. The third-order valence-electron chi connectivity index (χ3n) is 8.14. The number of hydrogen-bond acceptors (Lipinski definition) is 9. The fourth-order valence-corrected chi connectivity index (χ4v) is 5.62. The Bertz CT molecular complexity index is 1930. The van der Waals surface area contributed by atoms with Crippen LogP contribution in [0.4, 0.5) is 0 Å². The van der Waals surface area contributed by atoms with E-state index < -0.39 is 41.8 Å². The van der Waals surface area contributed by atoms with Crippen molar-refractivity contribution in [2.24, 2.45) is 0 Å². The summed E-state index contributed by atoms with van der Waals surface area (Å²) in [6.45, 7) is 3.65. The summed E-state index contributed by atoms with van der Waals surface area (Å²) in [4.78, 5) is 69.6. The molecule has 2 bridgehead atoms. The number of nitrogens with zero attached hydrogens (tertiary/aromatic N) is 4. The minimum Gasteiger partial charge on any atom is -0.443 e. The summed E-state index contributed by atoms with van der Waals surface area (Å²) >= 11 is 0. The zero-order valence-electron chi connectivity index (χ0n) is 26.5. The topological polar surface area (TPSA) is 213 Å². The normalized spacial score (nSPS) is 19.4. The van der Waals surface area contributed by atoms with Crippen LogP contribution in [-0.4, -0.2) is 72.4 Å². The average molecular weight is 653 g/mol. The molecule has 1 aromatic carbocycles. The number of aromatic amines is 2. The second-order valence-corrected chi connectivity index (χ2v) is 11.7. The maximum atomic E-state index is 13.9. The summed E-state index contributed by atoms with van der Waals surface area (Å²) in [6.07, 6.45) is 6.36. The Morgan fingerprint density at radius 1 is 1.02 bits per heavy atom. The Labute approximate surface area is 275 Å². The number of aromatic nitrogens is 6. The van der Waals surface area contributed by atoms with E-state index in [1.165, 1.54) is 0 Å². The monoisotopic (exact) mass is 652 g/mol. The number of para-hydroxylation sites is 1. The van der Waals surface area contributed by atoms with Crippen molar-refractivity contribution in [3.05, 3.63) is 83.7 Å². The Morgan fingerprint density at radius 3 is 2.67 bits per heavy atom. The molecule has 6 rings (SSSR count). The molecular weight excluding hydrogens is 616 g/mol. The number of fused-ring (bicyclic) bond motifs is 3. The van der Waals surface area contributed by atoms with Crippen molar-refractivity contribution in [2.75, 3.05) is 6.54 Å². The molecule has 5 aromatic rings. The number of oxazole rings is 1. The molecule has 48 heavy (non-hydrogen) atoms. The Hall–Kier alpha value is -5.86. The zero-order valence-corrected chi connectivity index (χ0v) is 26.5. The smallest absolute Gasteiger partial charge is 0.273 e. The number of pyridine rings is 1. The van der Waals surface area contributed by atoms with Gasteiger partial charge in [-0.3, -0.25) is 29.3 Å². The molecule has 4 amide bonds. The maximum absolute atomic E-state index is 13.9. The van der Waals surface area contributed by atoms with Gasteiger partial charge in [0.15, 0.2) is 11.5 Å². The molecule has 0 radical (unpaired) electrons. The van der Waals surface area contributed by atoms with Crippen molar-refractivity contribution in [1.29, 1.82) is 0 Å². The fourth-order valence-electron chi connectivity index (χ4n) is 5.62. The second kappa shape index (κ2) is 14.3. The summed E-state index contributed by atoms with van der Waals surface area (Å²) in [5.74, 6) is -0.603. The maximum Gasteiger partial charge on any atom is 0.273 e. The van der Waals surface area contributed by atoms with Gasteiger partial charge in [-0.25, -0.2) is 9.97 Å². The van der Waals surface area contributed by atoms with Crippen LogP contribution in [-0.2, 0) is 27.2 Å². The molecule has 0 spiro atoms. The van der Waals surface area contributed by atoms with Crippen molar-refractivity contribution in [3.63, 3.8) is 0 Å². The first-order valence-electron chi connectivity index (χ1n) is 15.8. The van der Waals surface area contributed by atoms with Crippen molar-refractivity contribution in [1.82, 2.24) is 51.4 Å². The molecule has 1 aliphatic heterocycles. The number of H-pyrrole nitrogens is 2. The SMILES string of the molecule is Cc1oc2nc1C(=O)NCCCC[C@H](NC(=O)Cc1nc(-c3ccncc3)n[nH]1)C(=O)N[C@H](Cc1c[nH]c3ccccc13)C(=O)N[C@@H]2C. The second-order valence-electron chi connectivity index (χ2n) is 11.7. The minimum absolute atomic E-state index is 0.145. The molecule has 0 saturated carbocycles. The standard InChI is InChI=1S/C33H36N10O5/c1-18-33-41-28(19(2)48-33)32(47)35-12-6-5-9-24(38-27(44)16-26-40-29(43-42-26)20-10-13-34-14-11-20)30(45)39-25(31(46)37-18)15-21-17-36-23-8-4-3-7-22(21)23/h3-4,7-8,10-11,13-14,17-18,24-25,36H,5-6,9,12,15-16H2,1-2H3,(H,35,47)(H,37,46)(H,38,44)(H,39,45)(H,40,42,43)/t18-,24+,25-/m1/s1. The largest absolute Gasteiger partial charge is 0.443 e. The van der Waals surface area contributed by atoms with E-state index in [1.807, 2.05) is 30.5 Å². The van der Waals surface area contributed by atoms with Crippen LogP contribution < -0.4 is 21.3 Å².